The van der Waals surface area contributed by atoms with Gasteiger partial charge in [0.1, 0.15) is 0 Å². The maximum atomic E-state index is 10.8. The third-order valence-corrected chi connectivity index (χ3v) is 3.87. The molecule has 0 atom stereocenters. The molecule has 0 radical (unpaired) electrons. The lowest BCUT2D eigenvalue weighted by Crippen LogP contribution is -2.00. The molecule has 0 bridgehead atoms. The van der Waals surface area contributed by atoms with Crippen LogP contribution in [0.1, 0.15) is 26.5 Å². The van der Waals surface area contributed by atoms with Crippen LogP contribution in [-0.4, -0.2) is 25.8 Å². The van der Waals surface area contributed by atoms with Crippen molar-refractivity contribution in [3.63, 3.8) is 0 Å². The zero-order valence-corrected chi connectivity index (χ0v) is 12.0. The smallest absolute Gasteiger partial charge is 0.338 e. The lowest BCUT2D eigenvalue weighted by Gasteiger charge is -2.03. The fraction of sp³-hybridized carbons (Fsp3) is 0.133. The van der Waals surface area contributed by atoms with Gasteiger partial charge in [-0.1, -0.05) is 24.3 Å². The summed E-state index contributed by atoms with van der Waals surface area (Å²) >= 11 is 1.65. The predicted octanol–water partition coefficient (Wildman–Crippen LogP) is 2.68. The van der Waals surface area contributed by atoms with Crippen LogP contribution in [0.2, 0.25) is 0 Å². The molecule has 0 saturated carbocycles. The predicted molar refractivity (Wildman–Crippen MR) is 79.7 cm³/mol. The Labute approximate surface area is 125 Å². The summed E-state index contributed by atoms with van der Waals surface area (Å²) in [4.78, 5) is 15.1. The summed E-state index contributed by atoms with van der Waals surface area (Å²) in [6, 6.07) is 8.20. The van der Waals surface area contributed by atoms with Crippen molar-refractivity contribution in [2.75, 3.05) is 0 Å². The number of carboxylic acid groups (broad SMARTS) is 1. The molecule has 0 aliphatic rings. The van der Waals surface area contributed by atoms with E-state index in [1.54, 1.807) is 16.0 Å². The van der Waals surface area contributed by atoms with Crippen LogP contribution < -0.4 is 0 Å². The van der Waals surface area contributed by atoms with E-state index in [-0.39, 0.29) is 5.56 Å². The fourth-order valence-corrected chi connectivity index (χ4v) is 2.68. The Balaban J connectivity index is 1.67. The molecule has 0 unspecified atom stereocenters. The van der Waals surface area contributed by atoms with Gasteiger partial charge in [0.25, 0.3) is 0 Å². The van der Waals surface area contributed by atoms with Crippen molar-refractivity contribution in [1.82, 2.24) is 14.8 Å². The second kappa shape index (κ2) is 5.88. The molecule has 0 saturated heterocycles. The van der Waals surface area contributed by atoms with Crippen molar-refractivity contribution in [3.05, 3.63) is 69.9 Å². The summed E-state index contributed by atoms with van der Waals surface area (Å²) in [5.74, 6) is -0.958. The van der Waals surface area contributed by atoms with E-state index in [0.29, 0.717) is 6.54 Å². The average molecular weight is 299 g/mol. The Bertz CT molecular complexity index is 733. The first-order valence-corrected chi connectivity index (χ1v) is 7.30. The Morgan fingerprint density at radius 1 is 1.24 bits per heavy atom. The van der Waals surface area contributed by atoms with Crippen molar-refractivity contribution in [1.29, 1.82) is 0 Å². The van der Waals surface area contributed by atoms with E-state index in [1.807, 2.05) is 23.7 Å². The van der Waals surface area contributed by atoms with Crippen LogP contribution in [0.3, 0.4) is 0 Å². The van der Waals surface area contributed by atoms with E-state index in [2.05, 4.69) is 22.2 Å². The van der Waals surface area contributed by atoms with Gasteiger partial charge in [-0.3, -0.25) is 4.68 Å². The van der Waals surface area contributed by atoms with E-state index >= 15 is 0 Å². The van der Waals surface area contributed by atoms with Crippen LogP contribution in [0.5, 0.6) is 0 Å². The second-order valence-corrected chi connectivity index (χ2v) is 5.63. The molecule has 0 amide bonds. The van der Waals surface area contributed by atoms with Crippen molar-refractivity contribution >= 4 is 17.3 Å². The number of aromatic carboxylic acids is 1. The van der Waals surface area contributed by atoms with Crippen molar-refractivity contribution in [3.8, 4) is 0 Å². The Hall–Kier alpha value is -2.47. The Kier molecular flexibility index (Phi) is 3.79. The Morgan fingerprint density at radius 2 is 2.00 bits per heavy atom. The highest BCUT2D eigenvalue weighted by molar-refractivity contribution is 7.09. The highest BCUT2D eigenvalue weighted by Gasteiger charge is 2.06. The lowest BCUT2D eigenvalue weighted by atomic mass is 10.1. The number of carbonyl (C=O) groups is 1. The summed E-state index contributed by atoms with van der Waals surface area (Å²) in [5.41, 5.74) is 2.49. The molecular weight excluding hydrogens is 286 g/mol. The minimum atomic E-state index is -0.958. The van der Waals surface area contributed by atoms with Gasteiger partial charge in [0, 0.05) is 24.2 Å². The number of hydrogen-bond donors (Lipinski definition) is 1. The SMILES string of the molecule is O=C(O)c1cnn(Cc2ccc(Cc3nccs3)cc2)c1. The fourth-order valence-electron chi connectivity index (χ4n) is 2.02. The van der Waals surface area contributed by atoms with Gasteiger partial charge in [-0.25, -0.2) is 9.78 Å². The van der Waals surface area contributed by atoms with E-state index in [4.69, 9.17) is 5.11 Å². The third-order valence-electron chi connectivity index (χ3n) is 3.09. The van der Waals surface area contributed by atoms with Crippen molar-refractivity contribution in [2.24, 2.45) is 0 Å². The molecule has 6 heteroatoms. The molecule has 3 rings (SSSR count). The molecule has 5 nitrogen and oxygen atoms in total. The van der Waals surface area contributed by atoms with Gasteiger partial charge in [-0.15, -0.1) is 11.3 Å². The summed E-state index contributed by atoms with van der Waals surface area (Å²) < 4.78 is 1.62. The number of rotatable bonds is 5. The molecule has 21 heavy (non-hydrogen) atoms. The molecule has 0 spiro atoms. The monoisotopic (exact) mass is 299 g/mol. The standard InChI is InChI=1S/C15H13N3O2S/c19-15(20)13-8-17-18(10-13)9-12-3-1-11(2-4-12)7-14-16-5-6-21-14/h1-6,8,10H,7,9H2,(H,19,20). The van der Waals surface area contributed by atoms with Crippen LogP contribution >= 0.6 is 11.3 Å². The molecule has 0 aliphatic heterocycles. The van der Waals surface area contributed by atoms with Gasteiger partial charge in [-0.2, -0.15) is 5.10 Å². The van der Waals surface area contributed by atoms with Gasteiger partial charge in [0.05, 0.1) is 23.3 Å². The molecule has 106 valence electrons. The van der Waals surface area contributed by atoms with Crippen LogP contribution in [0.25, 0.3) is 0 Å². The summed E-state index contributed by atoms with van der Waals surface area (Å²) in [6.45, 7) is 0.560. The first-order chi connectivity index (χ1) is 10.2. The van der Waals surface area contributed by atoms with Gasteiger partial charge in [-0.05, 0) is 11.1 Å². The second-order valence-electron chi connectivity index (χ2n) is 4.65. The van der Waals surface area contributed by atoms with E-state index < -0.39 is 5.97 Å². The molecule has 2 aromatic heterocycles. The average Bonchev–Trinajstić information content (AvgIpc) is 3.12. The largest absolute Gasteiger partial charge is 0.478 e. The zero-order valence-electron chi connectivity index (χ0n) is 11.1. The molecule has 1 N–H and O–H groups in total. The van der Waals surface area contributed by atoms with E-state index in [0.717, 1.165) is 17.0 Å². The number of aromatic nitrogens is 3. The highest BCUT2D eigenvalue weighted by atomic mass is 32.1. The molecule has 0 fully saturated rings. The first-order valence-electron chi connectivity index (χ1n) is 6.42. The number of hydrogen-bond acceptors (Lipinski definition) is 4. The number of carboxylic acids is 1. The minimum Gasteiger partial charge on any atom is -0.478 e. The number of nitrogens with zero attached hydrogens (tertiary/aromatic N) is 3. The number of benzene rings is 1. The van der Waals surface area contributed by atoms with Crippen LogP contribution in [0.4, 0.5) is 0 Å². The molecule has 1 aromatic carbocycles. The van der Waals surface area contributed by atoms with Crippen molar-refractivity contribution < 1.29 is 9.90 Å². The molecular formula is C15H13N3O2S. The van der Waals surface area contributed by atoms with E-state index in [1.165, 1.54) is 18.0 Å². The minimum absolute atomic E-state index is 0.204. The number of thiazole rings is 1. The summed E-state index contributed by atoms with van der Waals surface area (Å²) in [7, 11) is 0. The van der Waals surface area contributed by atoms with Gasteiger partial charge in [0.2, 0.25) is 0 Å². The van der Waals surface area contributed by atoms with Gasteiger partial charge < -0.3 is 5.11 Å². The van der Waals surface area contributed by atoms with Crippen LogP contribution in [-0.2, 0) is 13.0 Å². The molecule has 2 heterocycles. The first kappa shape index (κ1) is 13.5. The highest BCUT2D eigenvalue weighted by Crippen LogP contribution is 2.13. The third kappa shape index (κ3) is 3.35. The van der Waals surface area contributed by atoms with Crippen LogP contribution in [0, 0.1) is 0 Å². The quantitative estimate of drug-likeness (QED) is 0.786. The zero-order chi connectivity index (χ0) is 14.7. The van der Waals surface area contributed by atoms with Crippen LogP contribution in [0.15, 0.2) is 48.2 Å². The summed E-state index contributed by atoms with van der Waals surface area (Å²) in [6.07, 6.45) is 5.54. The Morgan fingerprint density at radius 3 is 2.62 bits per heavy atom. The maximum absolute atomic E-state index is 10.8. The summed E-state index contributed by atoms with van der Waals surface area (Å²) in [5, 5.41) is 16.0. The van der Waals surface area contributed by atoms with Gasteiger partial charge >= 0.3 is 5.97 Å². The van der Waals surface area contributed by atoms with Crippen molar-refractivity contribution in [2.45, 2.75) is 13.0 Å². The normalized spacial score (nSPS) is 10.7. The molecule has 0 aliphatic carbocycles. The van der Waals surface area contributed by atoms with E-state index in [9.17, 15) is 4.79 Å². The molecule has 3 aromatic rings. The lowest BCUT2D eigenvalue weighted by molar-refractivity contribution is 0.0697. The van der Waals surface area contributed by atoms with Gasteiger partial charge in [0.15, 0.2) is 0 Å². The topological polar surface area (TPSA) is 68.0 Å². The maximum Gasteiger partial charge on any atom is 0.338 e.